The molecule has 1 aromatic rings. The molecule has 1 fully saturated rings. The largest absolute Gasteiger partial charge is 0.494 e. The predicted molar refractivity (Wildman–Crippen MR) is 82.1 cm³/mol. The number of nitrogens with one attached hydrogen (secondary N) is 1. The maximum absolute atomic E-state index is 5.79. The van der Waals surface area contributed by atoms with Crippen molar-refractivity contribution in [1.29, 1.82) is 0 Å². The van der Waals surface area contributed by atoms with Crippen LogP contribution in [0.15, 0.2) is 24.3 Å². The minimum atomic E-state index is 0.639. The Morgan fingerprint density at radius 3 is 2.85 bits per heavy atom. The molecule has 1 saturated carbocycles. The van der Waals surface area contributed by atoms with Gasteiger partial charge in [0.1, 0.15) is 5.75 Å². The van der Waals surface area contributed by atoms with Gasteiger partial charge in [0.15, 0.2) is 0 Å². The van der Waals surface area contributed by atoms with E-state index in [1.165, 1.54) is 32.1 Å². The van der Waals surface area contributed by atoms with Crippen molar-refractivity contribution >= 4 is 0 Å². The average Bonchev–Trinajstić information content (AvgIpc) is 2.49. The summed E-state index contributed by atoms with van der Waals surface area (Å²) >= 11 is 0. The molecule has 0 spiro atoms. The van der Waals surface area contributed by atoms with Crippen molar-refractivity contribution in [3.63, 3.8) is 0 Å². The number of methoxy groups -OCH3 is 1. The van der Waals surface area contributed by atoms with Crippen molar-refractivity contribution in [2.45, 2.75) is 51.2 Å². The molecule has 0 unspecified atom stereocenters. The molecular weight excluding hydrogens is 250 g/mol. The second-order valence-electron chi connectivity index (χ2n) is 5.57. The second kappa shape index (κ2) is 8.98. The Labute approximate surface area is 122 Å². The lowest BCUT2D eigenvalue weighted by atomic mass is 9.95. The number of hydrogen-bond donors (Lipinski definition) is 1. The molecule has 1 aliphatic carbocycles. The topological polar surface area (TPSA) is 30.5 Å². The van der Waals surface area contributed by atoms with Crippen molar-refractivity contribution in [2.24, 2.45) is 0 Å². The van der Waals surface area contributed by atoms with Gasteiger partial charge in [-0.05, 0) is 43.5 Å². The fourth-order valence-corrected chi connectivity index (χ4v) is 2.77. The van der Waals surface area contributed by atoms with E-state index in [9.17, 15) is 0 Å². The highest BCUT2D eigenvalue weighted by Gasteiger charge is 2.11. The van der Waals surface area contributed by atoms with Crippen LogP contribution in [0.2, 0.25) is 0 Å². The highest BCUT2D eigenvalue weighted by atomic mass is 16.5. The molecular formula is C17H27NO2. The summed E-state index contributed by atoms with van der Waals surface area (Å²) in [5, 5.41) is 3.64. The van der Waals surface area contributed by atoms with Crippen LogP contribution in [-0.2, 0) is 11.3 Å². The monoisotopic (exact) mass is 277 g/mol. The van der Waals surface area contributed by atoms with Crippen molar-refractivity contribution in [3.05, 3.63) is 29.8 Å². The molecule has 1 aromatic carbocycles. The van der Waals surface area contributed by atoms with Crippen LogP contribution in [0.1, 0.15) is 44.1 Å². The van der Waals surface area contributed by atoms with E-state index in [1.807, 2.05) is 12.1 Å². The van der Waals surface area contributed by atoms with Gasteiger partial charge in [-0.3, -0.25) is 0 Å². The molecule has 112 valence electrons. The van der Waals surface area contributed by atoms with E-state index in [-0.39, 0.29) is 0 Å². The zero-order valence-corrected chi connectivity index (χ0v) is 12.6. The van der Waals surface area contributed by atoms with Gasteiger partial charge in [0.25, 0.3) is 0 Å². The van der Waals surface area contributed by atoms with Gasteiger partial charge >= 0.3 is 0 Å². The number of hydrogen-bond acceptors (Lipinski definition) is 3. The van der Waals surface area contributed by atoms with E-state index >= 15 is 0 Å². The Kier molecular flexibility index (Phi) is 6.89. The van der Waals surface area contributed by atoms with Gasteiger partial charge in [-0.15, -0.1) is 0 Å². The SMILES string of the molecule is COCc1cccc(OCCCNC2CCCCC2)c1. The van der Waals surface area contributed by atoms with Crippen LogP contribution >= 0.6 is 0 Å². The Balaban J connectivity index is 1.59. The molecule has 0 saturated heterocycles. The van der Waals surface area contributed by atoms with Crippen LogP contribution in [0.25, 0.3) is 0 Å². The number of rotatable bonds is 8. The van der Waals surface area contributed by atoms with Crippen LogP contribution in [-0.4, -0.2) is 26.3 Å². The fraction of sp³-hybridized carbons (Fsp3) is 0.647. The molecule has 0 atom stereocenters. The lowest BCUT2D eigenvalue weighted by molar-refractivity contribution is 0.184. The highest BCUT2D eigenvalue weighted by Crippen LogP contribution is 2.17. The second-order valence-corrected chi connectivity index (χ2v) is 5.57. The summed E-state index contributed by atoms with van der Waals surface area (Å²) in [6, 6.07) is 8.88. The Hall–Kier alpha value is -1.06. The van der Waals surface area contributed by atoms with Crippen LogP contribution < -0.4 is 10.1 Å². The van der Waals surface area contributed by atoms with Crippen molar-refractivity contribution in [2.75, 3.05) is 20.3 Å². The molecule has 2 rings (SSSR count). The van der Waals surface area contributed by atoms with Crippen LogP contribution in [0, 0.1) is 0 Å². The summed E-state index contributed by atoms with van der Waals surface area (Å²) in [4.78, 5) is 0. The summed E-state index contributed by atoms with van der Waals surface area (Å²) < 4.78 is 10.9. The van der Waals surface area contributed by atoms with E-state index < -0.39 is 0 Å². The normalized spacial score (nSPS) is 16.2. The quantitative estimate of drug-likeness (QED) is 0.737. The maximum atomic E-state index is 5.79. The zero-order valence-electron chi connectivity index (χ0n) is 12.6. The Morgan fingerprint density at radius 2 is 2.05 bits per heavy atom. The van der Waals surface area contributed by atoms with Gasteiger partial charge in [-0.1, -0.05) is 31.4 Å². The zero-order chi connectivity index (χ0) is 14.0. The van der Waals surface area contributed by atoms with Crippen LogP contribution in [0.4, 0.5) is 0 Å². The van der Waals surface area contributed by atoms with Crippen molar-refractivity contribution in [1.82, 2.24) is 5.32 Å². The van der Waals surface area contributed by atoms with E-state index in [4.69, 9.17) is 9.47 Å². The molecule has 0 bridgehead atoms. The standard InChI is InChI=1S/C17H27NO2/c1-19-14-15-7-5-10-17(13-15)20-12-6-11-18-16-8-3-2-4-9-16/h5,7,10,13,16,18H,2-4,6,8-9,11-12,14H2,1H3. The van der Waals surface area contributed by atoms with Crippen LogP contribution in [0.3, 0.4) is 0 Å². The Bertz CT molecular complexity index is 375. The fourth-order valence-electron chi connectivity index (χ4n) is 2.77. The summed E-state index contributed by atoms with van der Waals surface area (Å²) in [5.74, 6) is 0.942. The first-order valence-corrected chi connectivity index (χ1v) is 7.82. The highest BCUT2D eigenvalue weighted by molar-refractivity contribution is 5.28. The lowest BCUT2D eigenvalue weighted by Crippen LogP contribution is -2.32. The Morgan fingerprint density at radius 1 is 1.20 bits per heavy atom. The smallest absolute Gasteiger partial charge is 0.119 e. The predicted octanol–water partition coefficient (Wildman–Crippen LogP) is 3.52. The third-order valence-corrected chi connectivity index (χ3v) is 3.84. The first-order chi connectivity index (χ1) is 9.88. The maximum Gasteiger partial charge on any atom is 0.119 e. The van der Waals surface area contributed by atoms with E-state index in [2.05, 4.69) is 17.4 Å². The van der Waals surface area contributed by atoms with Crippen molar-refractivity contribution < 1.29 is 9.47 Å². The lowest BCUT2D eigenvalue weighted by Gasteiger charge is -2.22. The minimum absolute atomic E-state index is 0.639. The molecule has 0 heterocycles. The summed E-state index contributed by atoms with van der Waals surface area (Å²) in [7, 11) is 1.71. The van der Waals surface area contributed by atoms with Crippen molar-refractivity contribution in [3.8, 4) is 5.75 Å². The third-order valence-electron chi connectivity index (χ3n) is 3.84. The molecule has 1 N–H and O–H groups in total. The van der Waals surface area contributed by atoms with Gasteiger partial charge in [-0.2, -0.15) is 0 Å². The molecule has 20 heavy (non-hydrogen) atoms. The number of ether oxygens (including phenoxy) is 2. The first-order valence-electron chi connectivity index (χ1n) is 7.82. The molecule has 1 aliphatic rings. The van der Waals surface area contributed by atoms with Gasteiger partial charge in [0.05, 0.1) is 13.2 Å². The van der Waals surface area contributed by atoms with Gasteiger partial charge < -0.3 is 14.8 Å². The van der Waals surface area contributed by atoms with Gasteiger partial charge in [0.2, 0.25) is 0 Å². The first kappa shape index (κ1) is 15.3. The molecule has 0 radical (unpaired) electrons. The minimum Gasteiger partial charge on any atom is -0.494 e. The average molecular weight is 277 g/mol. The summed E-state index contributed by atoms with van der Waals surface area (Å²) in [5.41, 5.74) is 1.16. The molecule has 0 aliphatic heterocycles. The van der Waals surface area contributed by atoms with Gasteiger partial charge in [0, 0.05) is 13.2 Å². The van der Waals surface area contributed by atoms with Gasteiger partial charge in [-0.25, -0.2) is 0 Å². The molecule has 3 nitrogen and oxygen atoms in total. The number of benzene rings is 1. The van der Waals surface area contributed by atoms with E-state index in [0.29, 0.717) is 6.61 Å². The van der Waals surface area contributed by atoms with E-state index in [1.54, 1.807) is 7.11 Å². The summed E-state index contributed by atoms with van der Waals surface area (Å²) in [6.07, 6.45) is 7.95. The molecule has 0 aromatic heterocycles. The molecule has 0 amide bonds. The summed E-state index contributed by atoms with van der Waals surface area (Å²) in [6.45, 7) is 2.47. The third kappa shape index (κ3) is 5.51. The van der Waals surface area contributed by atoms with E-state index in [0.717, 1.165) is 36.9 Å². The van der Waals surface area contributed by atoms with Crippen LogP contribution in [0.5, 0.6) is 5.75 Å². The molecule has 3 heteroatoms.